The van der Waals surface area contributed by atoms with Crippen LogP contribution < -0.4 is 5.32 Å². The van der Waals surface area contributed by atoms with Gasteiger partial charge in [-0.15, -0.1) is 11.3 Å². The highest BCUT2D eigenvalue weighted by atomic mass is 32.1. The van der Waals surface area contributed by atoms with Crippen LogP contribution in [-0.4, -0.2) is 15.8 Å². The Kier molecular flexibility index (Phi) is 5.48. The van der Waals surface area contributed by atoms with Crippen LogP contribution in [0.4, 0.5) is 10.1 Å². The van der Waals surface area contributed by atoms with Crippen LogP contribution in [0.25, 0.3) is 17.3 Å². The molecule has 8 heteroatoms. The first-order chi connectivity index (χ1) is 12.8. The van der Waals surface area contributed by atoms with Gasteiger partial charge in [-0.05, 0) is 44.0 Å². The summed E-state index contributed by atoms with van der Waals surface area (Å²) >= 11 is 2.38. The number of anilines is 1. The first-order valence-electron chi connectivity index (χ1n) is 8.10. The van der Waals surface area contributed by atoms with Crippen molar-refractivity contribution in [3.63, 3.8) is 0 Å². The van der Waals surface area contributed by atoms with E-state index in [0.717, 1.165) is 33.7 Å². The predicted molar refractivity (Wildman–Crippen MR) is 110 cm³/mol. The van der Waals surface area contributed by atoms with Crippen molar-refractivity contribution in [3.05, 3.63) is 67.4 Å². The Morgan fingerprint density at radius 2 is 1.93 bits per heavy atom. The number of nitrogens with zero attached hydrogens (tertiary/aromatic N) is 2. The van der Waals surface area contributed by atoms with Gasteiger partial charge in [-0.1, -0.05) is 29.0 Å². The van der Waals surface area contributed by atoms with Crippen LogP contribution in [0, 0.1) is 30.9 Å². The molecule has 3 rings (SSSR count). The summed E-state index contributed by atoms with van der Waals surface area (Å²) in [6.07, 6.45) is 2.90. The molecule has 0 aliphatic heterocycles. The van der Waals surface area contributed by atoms with Crippen LogP contribution in [0.5, 0.6) is 0 Å². The number of hydrogen-bond acceptors (Lipinski definition) is 6. The summed E-state index contributed by atoms with van der Waals surface area (Å²) in [4.78, 5) is 27.5. The molecule has 0 atom stereocenters. The number of aromatic nitrogens is 1. The van der Waals surface area contributed by atoms with Gasteiger partial charge in [0.25, 0.3) is 0 Å². The van der Waals surface area contributed by atoms with Crippen molar-refractivity contribution in [2.45, 2.75) is 20.8 Å². The first kappa shape index (κ1) is 18.9. The van der Waals surface area contributed by atoms with Gasteiger partial charge in [0.2, 0.25) is 5.91 Å². The molecule has 138 valence electrons. The van der Waals surface area contributed by atoms with E-state index >= 15 is 0 Å². The molecule has 0 aliphatic carbocycles. The molecule has 27 heavy (non-hydrogen) atoms. The number of rotatable bonds is 5. The van der Waals surface area contributed by atoms with Crippen molar-refractivity contribution in [1.82, 2.24) is 4.98 Å². The lowest BCUT2D eigenvalue weighted by Crippen LogP contribution is -2.07. The van der Waals surface area contributed by atoms with Gasteiger partial charge in [0, 0.05) is 28.0 Å². The number of nitro groups is 1. The number of aryl methyl sites for hydroxylation is 3. The Hall–Kier alpha value is -2.84. The molecule has 1 amide bonds. The molecular formula is C19H17N3O3S2. The number of carbonyl (C=O) groups excluding carboxylic acids is 1. The maximum atomic E-state index is 12.1. The fraction of sp³-hybridized carbons (Fsp3) is 0.158. The van der Waals surface area contributed by atoms with Crippen LogP contribution in [-0.2, 0) is 4.79 Å². The van der Waals surface area contributed by atoms with E-state index in [1.54, 1.807) is 12.1 Å². The third kappa shape index (κ3) is 4.47. The number of carbonyl (C=O) groups is 1. The molecule has 0 radical (unpaired) electrons. The molecule has 1 N–H and O–H groups in total. The van der Waals surface area contributed by atoms with Crippen LogP contribution >= 0.6 is 22.7 Å². The Morgan fingerprint density at radius 1 is 1.22 bits per heavy atom. The monoisotopic (exact) mass is 399 g/mol. The second-order valence-corrected chi connectivity index (χ2v) is 8.02. The quantitative estimate of drug-likeness (QED) is 0.356. The van der Waals surface area contributed by atoms with E-state index in [1.165, 1.54) is 29.0 Å². The molecule has 0 unspecified atom stereocenters. The summed E-state index contributed by atoms with van der Waals surface area (Å²) in [7, 11) is 0. The lowest BCUT2D eigenvalue weighted by molar-refractivity contribution is -0.380. The van der Waals surface area contributed by atoms with Crippen LogP contribution in [0.15, 0.2) is 35.7 Å². The lowest BCUT2D eigenvalue weighted by atomic mass is 9.98. The first-order valence-corrected chi connectivity index (χ1v) is 9.80. The zero-order valence-corrected chi connectivity index (χ0v) is 16.6. The zero-order chi connectivity index (χ0) is 19.6. The lowest BCUT2D eigenvalue weighted by Gasteiger charge is -2.08. The van der Waals surface area contributed by atoms with Gasteiger partial charge in [0.15, 0.2) is 5.13 Å². The number of amides is 1. The second kappa shape index (κ2) is 7.81. The molecule has 0 fully saturated rings. The van der Waals surface area contributed by atoms with Gasteiger partial charge in [0.05, 0.1) is 10.6 Å². The molecule has 6 nitrogen and oxygen atoms in total. The van der Waals surface area contributed by atoms with E-state index in [9.17, 15) is 14.9 Å². The largest absolute Gasteiger partial charge is 0.324 e. The highest BCUT2D eigenvalue weighted by molar-refractivity contribution is 7.16. The van der Waals surface area contributed by atoms with E-state index in [-0.39, 0.29) is 10.9 Å². The third-order valence-corrected chi connectivity index (χ3v) is 5.62. The van der Waals surface area contributed by atoms with Gasteiger partial charge in [-0.2, -0.15) is 0 Å². The minimum Gasteiger partial charge on any atom is -0.298 e. The van der Waals surface area contributed by atoms with Gasteiger partial charge < -0.3 is 0 Å². The van der Waals surface area contributed by atoms with Crippen molar-refractivity contribution >= 4 is 44.8 Å². The Balaban J connectivity index is 1.71. The topological polar surface area (TPSA) is 85.1 Å². The van der Waals surface area contributed by atoms with Crippen LogP contribution in [0.3, 0.4) is 0 Å². The van der Waals surface area contributed by atoms with Crippen molar-refractivity contribution in [3.8, 4) is 11.3 Å². The maximum absolute atomic E-state index is 12.1. The van der Waals surface area contributed by atoms with Gasteiger partial charge in [0.1, 0.15) is 0 Å². The Bertz CT molecular complexity index is 1030. The summed E-state index contributed by atoms with van der Waals surface area (Å²) in [5.74, 6) is -0.329. The standard InChI is InChI=1S/C19H17N3O3S2/c1-11-8-12(2)18(13(3)9-11)15-10-26-19(20-15)21-16(23)6-4-14-5-7-17(27-14)22(24)25/h4-10H,1-3H3,(H,20,21,23). The molecular weight excluding hydrogens is 382 g/mol. The summed E-state index contributed by atoms with van der Waals surface area (Å²) in [5.41, 5.74) is 5.42. The molecule has 0 spiro atoms. The molecule has 3 aromatic rings. The normalized spacial score (nSPS) is 11.1. The van der Waals surface area contributed by atoms with E-state index in [0.29, 0.717) is 10.0 Å². The number of thiazole rings is 1. The van der Waals surface area contributed by atoms with Gasteiger partial charge in [-0.3, -0.25) is 20.2 Å². The zero-order valence-electron chi connectivity index (χ0n) is 15.0. The molecule has 0 aliphatic rings. The van der Waals surface area contributed by atoms with Crippen LogP contribution in [0.1, 0.15) is 21.6 Å². The fourth-order valence-corrected chi connectivity index (χ4v) is 4.29. The molecule has 0 saturated carbocycles. The van der Waals surface area contributed by atoms with E-state index < -0.39 is 4.92 Å². The molecule has 0 saturated heterocycles. The van der Waals surface area contributed by atoms with Crippen molar-refractivity contribution < 1.29 is 9.72 Å². The third-order valence-electron chi connectivity index (χ3n) is 3.86. The predicted octanol–water partition coefficient (Wildman–Crippen LogP) is 5.36. The van der Waals surface area contributed by atoms with E-state index in [1.807, 2.05) is 5.38 Å². The van der Waals surface area contributed by atoms with Crippen molar-refractivity contribution in [2.75, 3.05) is 5.32 Å². The Morgan fingerprint density at radius 3 is 2.56 bits per heavy atom. The average molecular weight is 399 g/mol. The van der Waals surface area contributed by atoms with Crippen molar-refractivity contribution in [1.29, 1.82) is 0 Å². The smallest absolute Gasteiger partial charge is 0.298 e. The number of nitrogens with one attached hydrogen (secondary N) is 1. The van der Waals surface area contributed by atoms with E-state index in [4.69, 9.17) is 0 Å². The minimum atomic E-state index is -0.450. The fourth-order valence-electron chi connectivity index (χ4n) is 2.86. The summed E-state index contributed by atoms with van der Waals surface area (Å²) < 4.78 is 0. The maximum Gasteiger partial charge on any atom is 0.324 e. The molecule has 2 heterocycles. The number of hydrogen-bond donors (Lipinski definition) is 1. The molecule has 0 bridgehead atoms. The number of benzene rings is 1. The summed E-state index contributed by atoms with van der Waals surface area (Å²) in [6.45, 7) is 6.16. The number of thiophene rings is 1. The minimum absolute atomic E-state index is 0.0449. The Labute approximate surface area is 164 Å². The highest BCUT2D eigenvalue weighted by Crippen LogP contribution is 2.31. The van der Waals surface area contributed by atoms with E-state index in [2.05, 4.69) is 43.2 Å². The average Bonchev–Trinajstić information content (AvgIpc) is 3.22. The summed E-state index contributed by atoms with van der Waals surface area (Å²) in [6, 6.07) is 7.25. The van der Waals surface area contributed by atoms with Gasteiger partial charge >= 0.3 is 5.00 Å². The van der Waals surface area contributed by atoms with Crippen LogP contribution in [0.2, 0.25) is 0 Å². The van der Waals surface area contributed by atoms with Gasteiger partial charge in [-0.25, -0.2) is 4.98 Å². The highest BCUT2D eigenvalue weighted by Gasteiger charge is 2.12. The molecule has 2 aromatic heterocycles. The second-order valence-electron chi connectivity index (χ2n) is 6.07. The summed E-state index contributed by atoms with van der Waals surface area (Å²) in [5, 5.41) is 15.9. The van der Waals surface area contributed by atoms with Crippen molar-refractivity contribution in [2.24, 2.45) is 0 Å². The molecule has 1 aromatic carbocycles. The SMILES string of the molecule is Cc1cc(C)c(-c2csc(NC(=O)C=Cc3ccc([N+](=O)[O-])s3)n2)c(C)c1.